The lowest BCUT2D eigenvalue weighted by molar-refractivity contribution is -0.154. The van der Waals surface area contributed by atoms with E-state index in [2.05, 4.69) is 9.84 Å². The maximum absolute atomic E-state index is 11.6. The zero-order valence-electron chi connectivity index (χ0n) is 9.11. The van der Waals surface area contributed by atoms with Crippen LogP contribution in [0.2, 0.25) is 5.02 Å². The van der Waals surface area contributed by atoms with Crippen LogP contribution in [0.3, 0.4) is 0 Å². The zero-order chi connectivity index (χ0) is 12.6. The molecule has 0 radical (unpaired) electrons. The Labute approximate surface area is 103 Å². The molecular formula is C11H11ClN2O3. The van der Waals surface area contributed by atoms with Gasteiger partial charge in [0.25, 0.3) is 0 Å². The molecule has 1 atom stereocenters. The average molecular weight is 255 g/mol. The van der Waals surface area contributed by atoms with Crippen LogP contribution >= 0.6 is 11.6 Å². The van der Waals surface area contributed by atoms with Gasteiger partial charge in [-0.2, -0.15) is 5.10 Å². The summed E-state index contributed by atoms with van der Waals surface area (Å²) in [7, 11) is 1.20. The molecule has 5 nitrogen and oxygen atoms in total. The standard InChI is InChI=1S/C11H11ClN2O3/c1-17-10(15)11(16)5-6-4-7(12)2-3-8(6)9(11)14-13/h2-4,16H,5,13H2,1H3/b14-9+. The van der Waals surface area contributed by atoms with Gasteiger partial charge in [0.15, 0.2) is 0 Å². The lowest BCUT2D eigenvalue weighted by Gasteiger charge is -2.19. The fourth-order valence-corrected chi connectivity index (χ4v) is 2.23. The van der Waals surface area contributed by atoms with Crippen LogP contribution in [-0.4, -0.2) is 29.5 Å². The molecule has 1 aliphatic carbocycles. The minimum atomic E-state index is -1.82. The Morgan fingerprint density at radius 1 is 1.65 bits per heavy atom. The van der Waals surface area contributed by atoms with Crippen LogP contribution < -0.4 is 5.84 Å². The largest absolute Gasteiger partial charge is 0.467 e. The summed E-state index contributed by atoms with van der Waals surface area (Å²) in [6.45, 7) is 0. The number of nitrogens with two attached hydrogens (primary N) is 1. The molecule has 0 amide bonds. The first kappa shape index (κ1) is 11.9. The first-order chi connectivity index (χ1) is 8.02. The van der Waals surface area contributed by atoms with E-state index in [1.165, 1.54) is 7.11 Å². The number of fused-ring (bicyclic) bond motifs is 1. The van der Waals surface area contributed by atoms with Gasteiger partial charge in [0.05, 0.1) is 7.11 Å². The third-order valence-electron chi connectivity index (χ3n) is 2.81. The summed E-state index contributed by atoms with van der Waals surface area (Å²) >= 11 is 5.85. The molecular weight excluding hydrogens is 244 g/mol. The van der Waals surface area contributed by atoms with Crippen LogP contribution in [0.5, 0.6) is 0 Å². The van der Waals surface area contributed by atoms with E-state index in [1.807, 2.05) is 0 Å². The second kappa shape index (κ2) is 4.01. The van der Waals surface area contributed by atoms with Crippen LogP contribution in [0.4, 0.5) is 0 Å². The quantitative estimate of drug-likeness (QED) is 0.433. The normalized spacial score (nSPS) is 24.8. The number of ether oxygens (including phenoxy) is 1. The molecule has 0 aromatic heterocycles. The fraction of sp³-hybridized carbons (Fsp3) is 0.273. The number of halogens is 1. The molecule has 0 saturated carbocycles. The van der Waals surface area contributed by atoms with Crippen molar-refractivity contribution in [2.45, 2.75) is 12.0 Å². The summed E-state index contributed by atoms with van der Waals surface area (Å²) in [4.78, 5) is 11.6. The third kappa shape index (κ3) is 1.67. The van der Waals surface area contributed by atoms with Crippen molar-refractivity contribution in [3.8, 4) is 0 Å². The minimum Gasteiger partial charge on any atom is -0.467 e. The maximum atomic E-state index is 11.6. The second-order valence-corrected chi connectivity index (χ2v) is 4.24. The third-order valence-corrected chi connectivity index (χ3v) is 3.05. The minimum absolute atomic E-state index is 0.0611. The number of benzene rings is 1. The van der Waals surface area contributed by atoms with Crippen LogP contribution in [0.25, 0.3) is 0 Å². The molecule has 2 rings (SSSR count). The summed E-state index contributed by atoms with van der Waals surface area (Å²) in [5.41, 5.74) is -0.383. The van der Waals surface area contributed by atoms with E-state index >= 15 is 0 Å². The molecule has 0 bridgehead atoms. The molecule has 0 aliphatic heterocycles. The number of nitrogens with zero attached hydrogens (tertiary/aromatic N) is 1. The van der Waals surface area contributed by atoms with E-state index in [4.69, 9.17) is 17.4 Å². The lowest BCUT2D eigenvalue weighted by atomic mass is 9.99. The van der Waals surface area contributed by atoms with Crippen molar-refractivity contribution in [1.82, 2.24) is 0 Å². The van der Waals surface area contributed by atoms with Gasteiger partial charge in [-0.15, -0.1) is 0 Å². The van der Waals surface area contributed by atoms with E-state index in [9.17, 15) is 9.90 Å². The molecule has 17 heavy (non-hydrogen) atoms. The summed E-state index contributed by atoms with van der Waals surface area (Å²) in [5, 5.41) is 14.3. The van der Waals surface area contributed by atoms with Crippen molar-refractivity contribution in [3.63, 3.8) is 0 Å². The zero-order valence-corrected chi connectivity index (χ0v) is 9.86. The van der Waals surface area contributed by atoms with Crippen molar-refractivity contribution in [2.24, 2.45) is 10.9 Å². The molecule has 90 valence electrons. The molecule has 1 aromatic carbocycles. The monoisotopic (exact) mass is 254 g/mol. The van der Waals surface area contributed by atoms with E-state index < -0.39 is 11.6 Å². The van der Waals surface area contributed by atoms with Gasteiger partial charge >= 0.3 is 5.97 Å². The SMILES string of the molecule is COC(=O)C1(O)Cc2cc(Cl)ccc2/C1=N\N. The Bertz CT molecular complexity index is 515. The Hall–Kier alpha value is -1.59. The molecule has 1 unspecified atom stereocenters. The molecule has 0 fully saturated rings. The summed E-state index contributed by atoms with van der Waals surface area (Å²) in [5.74, 6) is 4.46. The van der Waals surface area contributed by atoms with Gasteiger partial charge in [-0.3, -0.25) is 0 Å². The molecule has 0 saturated heterocycles. The first-order valence-electron chi connectivity index (χ1n) is 4.91. The Kier molecular flexibility index (Phi) is 2.81. The Morgan fingerprint density at radius 2 is 2.35 bits per heavy atom. The second-order valence-electron chi connectivity index (χ2n) is 3.81. The van der Waals surface area contributed by atoms with E-state index in [0.29, 0.717) is 10.6 Å². The Morgan fingerprint density at radius 3 is 2.94 bits per heavy atom. The van der Waals surface area contributed by atoms with Crippen LogP contribution in [0, 0.1) is 0 Å². The summed E-state index contributed by atoms with van der Waals surface area (Å²) < 4.78 is 4.57. The van der Waals surface area contributed by atoms with Gasteiger partial charge in [0.1, 0.15) is 5.71 Å². The van der Waals surface area contributed by atoms with E-state index in [1.54, 1.807) is 18.2 Å². The highest BCUT2D eigenvalue weighted by molar-refractivity contribution is 6.31. The van der Waals surface area contributed by atoms with Crippen molar-refractivity contribution >= 4 is 23.3 Å². The first-order valence-corrected chi connectivity index (χ1v) is 5.28. The van der Waals surface area contributed by atoms with Gasteiger partial charge in [0.2, 0.25) is 5.60 Å². The van der Waals surface area contributed by atoms with E-state index in [-0.39, 0.29) is 12.1 Å². The van der Waals surface area contributed by atoms with E-state index in [0.717, 1.165) is 5.56 Å². The maximum Gasteiger partial charge on any atom is 0.344 e. The van der Waals surface area contributed by atoms with Gasteiger partial charge in [-0.25, -0.2) is 4.79 Å². The van der Waals surface area contributed by atoms with Gasteiger partial charge in [-0.05, 0) is 17.7 Å². The molecule has 1 aliphatic rings. The van der Waals surface area contributed by atoms with Gasteiger partial charge < -0.3 is 15.7 Å². The number of rotatable bonds is 1. The summed E-state index contributed by atoms with van der Waals surface area (Å²) in [6.07, 6.45) is 0.0611. The number of hydrogen-bond acceptors (Lipinski definition) is 5. The number of methoxy groups -OCH3 is 1. The highest BCUT2D eigenvalue weighted by Gasteiger charge is 2.49. The number of hydrazone groups is 1. The van der Waals surface area contributed by atoms with Crippen molar-refractivity contribution < 1.29 is 14.6 Å². The molecule has 0 heterocycles. The average Bonchev–Trinajstić information content (AvgIpc) is 2.59. The van der Waals surface area contributed by atoms with Crippen molar-refractivity contribution in [2.75, 3.05) is 7.11 Å². The number of aliphatic hydroxyl groups is 1. The van der Waals surface area contributed by atoms with Crippen LogP contribution in [-0.2, 0) is 16.0 Å². The number of carbonyl (C=O) groups excluding carboxylic acids is 1. The molecule has 0 spiro atoms. The summed E-state index contributed by atoms with van der Waals surface area (Å²) in [6, 6.07) is 4.99. The number of carbonyl (C=O) groups is 1. The predicted molar refractivity (Wildman–Crippen MR) is 62.8 cm³/mol. The van der Waals surface area contributed by atoms with Gasteiger partial charge in [0, 0.05) is 17.0 Å². The predicted octanol–water partition coefficient (Wildman–Crippen LogP) is 0.463. The number of hydrogen-bond donors (Lipinski definition) is 2. The number of esters is 1. The van der Waals surface area contributed by atoms with Crippen molar-refractivity contribution in [1.29, 1.82) is 0 Å². The lowest BCUT2D eigenvalue weighted by Crippen LogP contribution is -2.46. The highest BCUT2D eigenvalue weighted by atomic mass is 35.5. The fourth-order valence-electron chi connectivity index (χ4n) is 2.04. The van der Waals surface area contributed by atoms with Gasteiger partial charge in [-0.1, -0.05) is 17.7 Å². The topological polar surface area (TPSA) is 84.9 Å². The van der Waals surface area contributed by atoms with Crippen LogP contribution in [0.1, 0.15) is 11.1 Å². The molecule has 3 N–H and O–H groups in total. The molecule has 1 aromatic rings. The van der Waals surface area contributed by atoms with Crippen LogP contribution in [0.15, 0.2) is 23.3 Å². The molecule has 6 heteroatoms. The smallest absolute Gasteiger partial charge is 0.344 e. The van der Waals surface area contributed by atoms with Crippen molar-refractivity contribution in [3.05, 3.63) is 34.3 Å². The Balaban J connectivity index is 2.56. The highest BCUT2D eigenvalue weighted by Crippen LogP contribution is 2.33.